The molecule has 1 aromatic carbocycles. The number of aryl methyl sites for hydroxylation is 1. The third-order valence-electron chi connectivity index (χ3n) is 4.77. The van der Waals surface area contributed by atoms with Gasteiger partial charge in [0, 0.05) is 37.1 Å². The summed E-state index contributed by atoms with van der Waals surface area (Å²) in [6.45, 7) is 6.21. The molecular weight excluding hydrogens is 266 g/mol. The van der Waals surface area contributed by atoms with Gasteiger partial charge >= 0.3 is 5.97 Å². The van der Waals surface area contributed by atoms with Gasteiger partial charge in [-0.3, -0.25) is 4.90 Å². The molecule has 2 saturated heterocycles. The van der Waals surface area contributed by atoms with Crippen LogP contribution in [0, 0.1) is 6.92 Å². The van der Waals surface area contributed by atoms with Crippen LogP contribution >= 0.6 is 0 Å². The highest BCUT2D eigenvalue weighted by Crippen LogP contribution is 2.29. The number of hydrogen-bond donors (Lipinski definition) is 2. The lowest BCUT2D eigenvalue weighted by atomic mass is 10.1. The summed E-state index contributed by atoms with van der Waals surface area (Å²) in [6.07, 6.45) is 3.65. The van der Waals surface area contributed by atoms with Crippen molar-refractivity contribution in [2.75, 3.05) is 36.8 Å². The molecular formula is C16H23N3O2. The van der Waals surface area contributed by atoms with Gasteiger partial charge < -0.3 is 15.7 Å². The van der Waals surface area contributed by atoms with E-state index < -0.39 is 5.97 Å². The fourth-order valence-electron chi connectivity index (χ4n) is 3.58. The maximum atomic E-state index is 11.4. The van der Waals surface area contributed by atoms with E-state index in [1.54, 1.807) is 6.07 Å². The van der Waals surface area contributed by atoms with Crippen LogP contribution in [0.1, 0.15) is 35.2 Å². The Labute approximate surface area is 125 Å². The number of nitrogen functional groups attached to an aromatic ring is 1. The second-order valence-corrected chi connectivity index (χ2v) is 6.16. The summed E-state index contributed by atoms with van der Waals surface area (Å²) < 4.78 is 0. The monoisotopic (exact) mass is 289 g/mol. The Morgan fingerprint density at radius 3 is 2.81 bits per heavy atom. The third kappa shape index (κ3) is 2.70. The van der Waals surface area contributed by atoms with E-state index in [1.165, 1.54) is 19.4 Å². The first-order chi connectivity index (χ1) is 10.1. The fraction of sp³-hybridized carbons (Fsp3) is 0.562. The van der Waals surface area contributed by atoms with Gasteiger partial charge in [0.1, 0.15) is 0 Å². The van der Waals surface area contributed by atoms with Crippen molar-refractivity contribution in [3.05, 3.63) is 23.3 Å². The predicted octanol–water partition coefficient (Wildman–Crippen LogP) is 1.95. The number of carboxylic acid groups (broad SMARTS) is 1. The molecule has 2 heterocycles. The van der Waals surface area contributed by atoms with E-state index in [2.05, 4.69) is 9.80 Å². The number of nitrogens with zero attached hydrogens (tertiary/aromatic N) is 2. The maximum absolute atomic E-state index is 11.4. The lowest BCUT2D eigenvalue weighted by molar-refractivity contribution is 0.0698. The van der Waals surface area contributed by atoms with Crippen molar-refractivity contribution in [3.63, 3.8) is 0 Å². The second kappa shape index (κ2) is 5.56. The minimum atomic E-state index is -0.949. The number of anilines is 2. The number of nitrogens with two attached hydrogens (primary N) is 1. The zero-order valence-corrected chi connectivity index (χ0v) is 12.5. The molecule has 2 aliphatic rings. The summed E-state index contributed by atoms with van der Waals surface area (Å²) in [5.74, 6) is -0.949. The minimum Gasteiger partial charge on any atom is -0.478 e. The quantitative estimate of drug-likeness (QED) is 0.814. The molecule has 1 atom stereocenters. The number of aromatic carboxylic acids is 1. The zero-order chi connectivity index (χ0) is 15.0. The molecule has 0 radical (unpaired) electrons. The predicted molar refractivity (Wildman–Crippen MR) is 84.0 cm³/mol. The molecule has 0 bridgehead atoms. The first kappa shape index (κ1) is 14.2. The molecule has 114 valence electrons. The first-order valence-electron chi connectivity index (χ1n) is 7.68. The van der Waals surface area contributed by atoms with Gasteiger partial charge in [-0.05, 0) is 50.4 Å². The molecule has 0 saturated carbocycles. The highest BCUT2D eigenvalue weighted by molar-refractivity contribution is 5.95. The number of carbonyl (C=O) groups is 1. The summed E-state index contributed by atoms with van der Waals surface area (Å²) in [6, 6.07) is 4.36. The van der Waals surface area contributed by atoms with Crippen molar-refractivity contribution in [1.29, 1.82) is 0 Å². The van der Waals surface area contributed by atoms with Crippen LogP contribution in [-0.2, 0) is 0 Å². The van der Waals surface area contributed by atoms with E-state index in [9.17, 15) is 9.90 Å². The molecule has 0 amide bonds. The summed E-state index contributed by atoms with van der Waals surface area (Å²) >= 11 is 0. The second-order valence-electron chi connectivity index (χ2n) is 6.16. The Balaban J connectivity index is 1.90. The van der Waals surface area contributed by atoms with Gasteiger partial charge in [-0.25, -0.2) is 4.79 Å². The van der Waals surface area contributed by atoms with Crippen molar-refractivity contribution in [2.24, 2.45) is 0 Å². The van der Waals surface area contributed by atoms with E-state index in [4.69, 9.17) is 5.73 Å². The number of carboxylic acids is 1. The van der Waals surface area contributed by atoms with Gasteiger partial charge in [0.25, 0.3) is 0 Å². The largest absolute Gasteiger partial charge is 0.478 e. The number of fused-ring (bicyclic) bond motifs is 1. The highest BCUT2D eigenvalue weighted by Gasteiger charge is 2.29. The molecule has 0 aliphatic carbocycles. The van der Waals surface area contributed by atoms with Crippen LogP contribution in [-0.4, -0.2) is 48.2 Å². The normalized spacial score (nSPS) is 22.9. The van der Waals surface area contributed by atoms with Crippen molar-refractivity contribution in [1.82, 2.24) is 4.90 Å². The average molecular weight is 289 g/mol. The Morgan fingerprint density at radius 1 is 1.29 bits per heavy atom. The van der Waals surface area contributed by atoms with E-state index >= 15 is 0 Å². The van der Waals surface area contributed by atoms with Crippen LogP contribution in [0.25, 0.3) is 0 Å². The Bertz CT molecular complexity index is 559. The standard InChI is InChI=1S/C16H23N3O2/c1-11-8-13(9-14(15(11)17)16(20)21)19-7-3-6-18-5-2-4-12(18)10-19/h8-9,12H,2-7,10,17H2,1H3,(H,20,21). The molecule has 1 aromatic rings. The molecule has 0 aromatic heterocycles. The molecule has 0 spiro atoms. The third-order valence-corrected chi connectivity index (χ3v) is 4.77. The topological polar surface area (TPSA) is 69.8 Å². The van der Waals surface area contributed by atoms with Crippen molar-refractivity contribution >= 4 is 17.3 Å². The number of rotatable bonds is 2. The Hall–Kier alpha value is -1.75. The molecule has 21 heavy (non-hydrogen) atoms. The molecule has 2 aliphatic heterocycles. The molecule has 5 nitrogen and oxygen atoms in total. The van der Waals surface area contributed by atoms with E-state index in [0.29, 0.717) is 11.7 Å². The number of hydrogen-bond acceptors (Lipinski definition) is 4. The van der Waals surface area contributed by atoms with Crippen LogP contribution in [0.4, 0.5) is 11.4 Å². The molecule has 5 heteroatoms. The van der Waals surface area contributed by atoms with Crippen LogP contribution in [0.15, 0.2) is 12.1 Å². The van der Waals surface area contributed by atoms with E-state index in [0.717, 1.165) is 37.3 Å². The summed E-state index contributed by atoms with van der Waals surface area (Å²) in [7, 11) is 0. The molecule has 1 unspecified atom stereocenters. The Morgan fingerprint density at radius 2 is 2.05 bits per heavy atom. The lowest BCUT2D eigenvalue weighted by Crippen LogP contribution is -2.36. The van der Waals surface area contributed by atoms with Crippen LogP contribution in [0.3, 0.4) is 0 Å². The van der Waals surface area contributed by atoms with Gasteiger partial charge in [-0.2, -0.15) is 0 Å². The first-order valence-corrected chi connectivity index (χ1v) is 7.68. The van der Waals surface area contributed by atoms with Crippen molar-refractivity contribution < 1.29 is 9.90 Å². The van der Waals surface area contributed by atoms with Crippen LogP contribution in [0.2, 0.25) is 0 Å². The SMILES string of the molecule is Cc1cc(N2CCCN3CCCC3C2)cc(C(=O)O)c1N. The van der Waals surface area contributed by atoms with Gasteiger partial charge in [-0.15, -0.1) is 0 Å². The smallest absolute Gasteiger partial charge is 0.337 e. The highest BCUT2D eigenvalue weighted by atomic mass is 16.4. The molecule has 2 fully saturated rings. The summed E-state index contributed by atoms with van der Waals surface area (Å²) in [5, 5.41) is 9.31. The summed E-state index contributed by atoms with van der Waals surface area (Å²) in [4.78, 5) is 16.3. The van der Waals surface area contributed by atoms with E-state index in [1.807, 2.05) is 13.0 Å². The molecule has 3 rings (SSSR count). The van der Waals surface area contributed by atoms with Crippen molar-refractivity contribution in [3.8, 4) is 0 Å². The maximum Gasteiger partial charge on any atom is 0.337 e. The summed E-state index contributed by atoms with van der Waals surface area (Å²) in [5.41, 5.74) is 8.33. The average Bonchev–Trinajstić information content (AvgIpc) is 2.78. The van der Waals surface area contributed by atoms with Gasteiger partial charge in [0.2, 0.25) is 0 Å². The Kier molecular flexibility index (Phi) is 3.76. The van der Waals surface area contributed by atoms with Gasteiger partial charge in [0.15, 0.2) is 0 Å². The number of benzene rings is 1. The fourth-order valence-corrected chi connectivity index (χ4v) is 3.58. The van der Waals surface area contributed by atoms with Crippen molar-refractivity contribution in [2.45, 2.75) is 32.2 Å². The zero-order valence-electron chi connectivity index (χ0n) is 12.5. The van der Waals surface area contributed by atoms with Crippen LogP contribution in [0.5, 0.6) is 0 Å². The van der Waals surface area contributed by atoms with Crippen LogP contribution < -0.4 is 10.6 Å². The lowest BCUT2D eigenvalue weighted by Gasteiger charge is -2.28. The van der Waals surface area contributed by atoms with E-state index in [-0.39, 0.29) is 5.56 Å². The molecule has 3 N–H and O–H groups in total. The minimum absolute atomic E-state index is 0.220. The van der Waals surface area contributed by atoms with Gasteiger partial charge in [-0.1, -0.05) is 0 Å². The van der Waals surface area contributed by atoms with Gasteiger partial charge in [0.05, 0.1) is 5.56 Å².